The van der Waals surface area contributed by atoms with Gasteiger partial charge in [-0.25, -0.2) is 13.4 Å². The van der Waals surface area contributed by atoms with Crippen LogP contribution in [-0.4, -0.2) is 18.4 Å². The first-order valence-electron chi connectivity index (χ1n) is 5.14. The second-order valence-corrected chi connectivity index (χ2v) is 6.64. The lowest BCUT2D eigenvalue weighted by Gasteiger charge is -2.09. The van der Waals surface area contributed by atoms with Gasteiger partial charge in [-0.05, 0) is 40.5 Å². The zero-order valence-electron chi connectivity index (χ0n) is 9.76. The largest absolute Gasteiger partial charge is 0.266 e. The molecule has 1 N–H and O–H groups in total. The average Bonchev–Trinajstić information content (AvgIpc) is 2.34. The van der Waals surface area contributed by atoms with Crippen molar-refractivity contribution >= 4 is 43.4 Å². The van der Waals surface area contributed by atoms with Crippen LogP contribution in [0.4, 0.5) is 5.82 Å². The molecule has 0 amide bonds. The minimum Gasteiger partial charge on any atom is -0.263 e. The van der Waals surface area contributed by atoms with Crippen molar-refractivity contribution in [3.05, 3.63) is 45.8 Å². The molecule has 2 rings (SSSR count). The summed E-state index contributed by atoms with van der Waals surface area (Å²) in [6.45, 7) is 1.83. The van der Waals surface area contributed by atoms with Crippen molar-refractivity contribution in [3.63, 3.8) is 0 Å². The van der Waals surface area contributed by atoms with Gasteiger partial charge in [0.1, 0.15) is 10.7 Å². The van der Waals surface area contributed by atoms with Gasteiger partial charge in [0.05, 0.1) is 5.02 Å². The van der Waals surface area contributed by atoms with Crippen molar-refractivity contribution < 1.29 is 8.42 Å². The quantitative estimate of drug-likeness (QED) is 0.911. The summed E-state index contributed by atoms with van der Waals surface area (Å²) < 4.78 is 27.4. The Kier molecular flexibility index (Phi) is 4.07. The number of rotatable bonds is 3. The van der Waals surface area contributed by atoms with Crippen LogP contribution in [0.25, 0.3) is 0 Å². The number of nitrogens with one attached hydrogen (secondary N) is 1. The van der Waals surface area contributed by atoms with Gasteiger partial charge in [0, 0.05) is 23.1 Å². The Morgan fingerprint density at radius 3 is 2.74 bits per heavy atom. The van der Waals surface area contributed by atoms with E-state index in [0.717, 1.165) is 10.0 Å². The highest BCUT2D eigenvalue weighted by molar-refractivity contribution is 9.10. The molecular weight excluding hydrogens is 354 g/mol. The van der Waals surface area contributed by atoms with Crippen LogP contribution in [0.5, 0.6) is 0 Å². The lowest BCUT2D eigenvalue weighted by molar-refractivity contribution is 0.600. The van der Waals surface area contributed by atoms with Crippen LogP contribution < -0.4 is 4.72 Å². The second kappa shape index (κ2) is 5.44. The van der Waals surface area contributed by atoms with E-state index in [0.29, 0.717) is 0 Å². The van der Waals surface area contributed by atoms with Gasteiger partial charge in [0.15, 0.2) is 0 Å². The molecular formula is C11H9BrClN3O2S. The smallest absolute Gasteiger partial charge is 0.263 e. The highest BCUT2D eigenvalue weighted by Gasteiger charge is 2.18. The summed E-state index contributed by atoms with van der Waals surface area (Å²) in [6, 6.07) is 3.03. The van der Waals surface area contributed by atoms with E-state index in [-0.39, 0.29) is 15.7 Å². The van der Waals surface area contributed by atoms with Crippen LogP contribution in [0.2, 0.25) is 5.02 Å². The highest BCUT2D eigenvalue weighted by Crippen LogP contribution is 2.23. The Labute approximate surface area is 124 Å². The molecule has 8 heteroatoms. The van der Waals surface area contributed by atoms with Gasteiger partial charge in [-0.15, -0.1) is 0 Å². The standard InChI is InChI=1S/C11H9BrClN3O2S/c1-7-4-11(15-5-8(7)12)16-19(17,18)10-6-14-3-2-9(10)13/h2-6H,1H3,(H,15,16). The van der Waals surface area contributed by atoms with Crippen LogP contribution >= 0.6 is 27.5 Å². The molecule has 0 bridgehead atoms. The Morgan fingerprint density at radius 2 is 2.11 bits per heavy atom. The summed E-state index contributed by atoms with van der Waals surface area (Å²) in [4.78, 5) is 7.65. The molecule has 0 atom stereocenters. The maximum Gasteiger partial charge on any atom is 0.266 e. The third-order valence-electron chi connectivity index (χ3n) is 2.31. The lowest BCUT2D eigenvalue weighted by Crippen LogP contribution is -2.14. The van der Waals surface area contributed by atoms with E-state index >= 15 is 0 Å². The molecule has 100 valence electrons. The number of pyridine rings is 2. The molecule has 0 aromatic carbocycles. The molecule has 0 aliphatic carbocycles. The molecule has 0 saturated carbocycles. The van der Waals surface area contributed by atoms with Crippen LogP contribution in [0.15, 0.2) is 40.1 Å². The Bertz CT molecular complexity index is 722. The van der Waals surface area contributed by atoms with Gasteiger partial charge in [0.25, 0.3) is 10.0 Å². The Morgan fingerprint density at radius 1 is 1.37 bits per heavy atom. The lowest BCUT2D eigenvalue weighted by atomic mass is 10.3. The third kappa shape index (κ3) is 3.23. The van der Waals surface area contributed by atoms with Gasteiger partial charge >= 0.3 is 0 Å². The fraction of sp³-hybridized carbons (Fsp3) is 0.0909. The summed E-state index contributed by atoms with van der Waals surface area (Å²) in [7, 11) is -3.80. The van der Waals surface area contributed by atoms with Crippen LogP contribution in [0.1, 0.15) is 5.56 Å². The molecule has 0 aliphatic rings. The number of aromatic nitrogens is 2. The molecule has 0 unspecified atom stereocenters. The van der Waals surface area contributed by atoms with Crippen molar-refractivity contribution in [1.82, 2.24) is 9.97 Å². The van der Waals surface area contributed by atoms with Gasteiger partial charge in [0.2, 0.25) is 0 Å². The maximum absolute atomic E-state index is 12.1. The number of hydrogen-bond donors (Lipinski definition) is 1. The number of nitrogens with zero attached hydrogens (tertiary/aromatic N) is 2. The molecule has 5 nitrogen and oxygen atoms in total. The first-order valence-corrected chi connectivity index (χ1v) is 7.80. The Hall–Kier alpha value is -1.18. The first kappa shape index (κ1) is 14.2. The summed E-state index contributed by atoms with van der Waals surface area (Å²) in [5.74, 6) is 0.223. The van der Waals surface area contributed by atoms with Gasteiger partial charge in [-0.3, -0.25) is 9.71 Å². The van der Waals surface area contributed by atoms with E-state index in [1.807, 2.05) is 6.92 Å². The van der Waals surface area contributed by atoms with E-state index in [1.165, 1.54) is 24.7 Å². The number of halogens is 2. The maximum atomic E-state index is 12.1. The van der Waals surface area contributed by atoms with Gasteiger partial charge < -0.3 is 0 Å². The van der Waals surface area contributed by atoms with E-state index in [9.17, 15) is 8.42 Å². The van der Waals surface area contributed by atoms with Crippen LogP contribution in [0, 0.1) is 6.92 Å². The minimum absolute atomic E-state index is 0.0842. The fourth-order valence-corrected chi connectivity index (χ4v) is 3.00. The van der Waals surface area contributed by atoms with E-state index in [1.54, 1.807) is 6.07 Å². The molecule has 0 fully saturated rings. The van der Waals surface area contributed by atoms with Crippen molar-refractivity contribution in [2.45, 2.75) is 11.8 Å². The van der Waals surface area contributed by atoms with Crippen LogP contribution in [-0.2, 0) is 10.0 Å². The number of sulfonamides is 1. The summed E-state index contributed by atoms with van der Waals surface area (Å²) >= 11 is 9.14. The van der Waals surface area contributed by atoms with Crippen molar-refractivity contribution in [3.8, 4) is 0 Å². The van der Waals surface area contributed by atoms with E-state index in [4.69, 9.17) is 11.6 Å². The van der Waals surface area contributed by atoms with Crippen molar-refractivity contribution in [2.24, 2.45) is 0 Å². The predicted octanol–water partition coefficient (Wildman–Crippen LogP) is 3.00. The molecule has 2 aromatic rings. The fourth-order valence-electron chi connectivity index (χ4n) is 1.35. The van der Waals surface area contributed by atoms with E-state index < -0.39 is 10.0 Å². The minimum atomic E-state index is -3.80. The zero-order valence-corrected chi connectivity index (χ0v) is 12.9. The number of hydrogen-bond acceptors (Lipinski definition) is 4. The SMILES string of the molecule is Cc1cc(NS(=O)(=O)c2cnccc2Cl)ncc1Br. The summed E-state index contributed by atoms with van der Waals surface area (Å²) in [5.41, 5.74) is 0.866. The molecule has 0 aliphatic heterocycles. The molecule has 0 spiro atoms. The molecule has 19 heavy (non-hydrogen) atoms. The van der Waals surface area contributed by atoms with E-state index in [2.05, 4.69) is 30.6 Å². The highest BCUT2D eigenvalue weighted by atomic mass is 79.9. The summed E-state index contributed by atoms with van der Waals surface area (Å²) in [5, 5.41) is 0.108. The average molecular weight is 363 g/mol. The Balaban J connectivity index is 2.37. The monoisotopic (exact) mass is 361 g/mol. The normalized spacial score (nSPS) is 11.3. The van der Waals surface area contributed by atoms with Gasteiger partial charge in [-0.1, -0.05) is 11.6 Å². The molecule has 0 radical (unpaired) electrons. The predicted molar refractivity (Wildman–Crippen MR) is 76.7 cm³/mol. The number of anilines is 1. The molecule has 2 heterocycles. The molecule has 2 aromatic heterocycles. The second-order valence-electron chi connectivity index (χ2n) is 3.73. The number of aryl methyl sites for hydroxylation is 1. The summed E-state index contributed by atoms with van der Waals surface area (Å²) in [6.07, 6.45) is 4.14. The van der Waals surface area contributed by atoms with Crippen LogP contribution in [0.3, 0.4) is 0 Å². The van der Waals surface area contributed by atoms with Gasteiger partial charge in [-0.2, -0.15) is 0 Å². The van der Waals surface area contributed by atoms with Crippen molar-refractivity contribution in [1.29, 1.82) is 0 Å². The third-order valence-corrected chi connectivity index (χ3v) is 4.96. The molecule has 0 saturated heterocycles. The topological polar surface area (TPSA) is 72.0 Å². The van der Waals surface area contributed by atoms with Crippen molar-refractivity contribution in [2.75, 3.05) is 4.72 Å². The first-order chi connectivity index (χ1) is 8.90. The zero-order chi connectivity index (χ0) is 14.0.